The molecule has 0 saturated carbocycles. The minimum Gasteiger partial charge on any atom is -0.328 e. The highest BCUT2D eigenvalue weighted by Gasteiger charge is 2.47. The number of carbonyl (C=O) groups excluding carboxylic acids is 1. The van der Waals surface area contributed by atoms with Crippen molar-refractivity contribution in [2.45, 2.75) is 77.0 Å². The third-order valence-corrected chi connectivity index (χ3v) is 7.22. The van der Waals surface area contributed by atoms with E-state index in [0.717, 1.165) is 50.8 Å². The Labute approximate surface area is 198 Å². The van der Waals surface area contributed by atoms with Crippen LogP contribution in [0.25, 0.3) is 0 Å². The van der Waals surface area contributed by atoms with Gasteiger partial charge in [0.2, 0.25) is 5.91 Å². The van der Waals surface area contributed by atoms with Crippen molar-refractivity contribution in [2.75, 3.05) is 32.7 Å². The van der Waals surface area contributed by atoms with Crippen molar-refractivity contribution >= 4 is 5.91 Å². The number of carbonyl (C=O) groups is 1. The smallest absolute Gasteiger partial charge is 0.241 e. The molecule has 7 heteroatoms. The summed E-state index contributed by atoms with van der Waals surface area (Å²) in [7, 11) is 0. The molecule has 1 aromatic rings. The SMILES string of the molecule is CC.CCCCN(CC#N)C(=O)[C@@H](N)CN1C[C@@H]2CC1CN2[C@@H]1CCc2cc(C#N)ccc21. The number of benzene rings is 1. The van der Waals surface area contributed by atoms with Crippen molar-refractivity contribution in [3.8, 4) is 12.1 Å². The van der Waals surface area contributed by atoms with Crippen molar-refractivity contribution in [1.29, 1.82) is 10.5 Å². The van der Waals surface area contributed by atoms with Gasteiger partial charge in [-0.05, 0) is 48.9 Å². The van der Waals surface area contributed by atoms with Gasteiger partial charge < -0.3 is 10.6 Å². The van der Waals surface area contributed by atoms with Crippen molar-refractivity contribution in [2.24, 2.45) is 5.73 Å². The zero-order valence-corrected chi connectivity index (χ0v) is 20.3. The molecule has 1 aromatic carbocycles. The molecule has 3 aliphatic rings. The molecule has 1 amide bonds. The monoisotopic (exact) mass is 450 g/mol. The number of piperazine rings is 1. The van der Waals surface area contributed by atoms with E-state index in [1.807, 2.05) is 26.0 Å². The van der Waals surface area contributed by atoms with Crippen molar-refractivity contribution in [1.82, 2.24) is 14.7 Å². The highest BCUT2D eigenvalue weighted by Crippen LogP contribution is 2.43. The number of nitriles is 2. The molecule has 2 heterocycles. The fourth-order valence-electron chi connectivity index (χ4n) is 5.66. The Bertz CT molecular complexity index is 903. The van der Waals surface area contributed by atoms with Gasteiger partial charge in [0, 0.05) is 44.3 Å². The second kappa shape index (κ2) is 11.6. The molecule has 2 N–H and O–H groups in total. The highest BCUT2D eigenvalue weighted by atomic mass is 16.2. The number of nitrogens with two attached hydrogens (primary N) is 1. The summed E-state index contributed by atoms with van der Waals surface area (Å²) in [6.07, 6.45) is 5.16. The van der Waals surface area contributed by atoms with E-state index >= 15 is 0 Å². The Morgan fingerprint density at radius 3 is 2.70 bits per heavy atom. The first-order valence-corrected chi connectivity index (χ1v) is 12.5. The van der Waals surface area contributed by atoms with Crippen LogP contribution in [0.2, 0.25) is 0 Å². The number of rotatable bonds is 8. The summed E-state index contributed by atoms with van der Waals surface area (Å²) in [6, 6.07) is 11.3. The standard InChI is InChI=1S/C24H32N6O.C2H6/c1-2-3-9-28(10-8-25)24(31)22(27)16-29-14-20-12-19(29)15-30(20)23-7-5-18-11-17(13-26)4-6-21(18)23;1-2/h4,6,11,19-20,22-23H,2-3,5,7,9-10,12,14-16,27H2,1H3;1-2H3/t19?,20-,22-,23+;/m0./s1. The summed E-state index contributed by atoms with van der Waals surface area (Å²) in [6.45, 7) is 9.31. The van der Waals surface area contributed by atoms with E-state index in [4.69, 9.17) is 16.3 Å². The molecular formula is C26H38N6O. The normalized spacial score (nSPS) is 24.4. The van der Waals surface area contributed by atoms with Crippen LogP contribution in [-0.2, 0) is 11.2 Å². The maximum Gasteiger partial charge on any atom is 0.241 e. The van der Waals surface area contributed by atoms with Gasteiger partial charge in [0.05, 0.1) is 23.7 Å². The fraction of sp³-hybridized carbons (Fsp3) is 0.654. The number of hydrogen-bond acceptors (Lipinski definition) is 6. The molecule has 7 nitrogen and oxygen atoms in total. The molecule has 1 unspecified atom stereocenters. The summed E-state index contributed by atoms with van der Waals surface area (Å²) in [5.41, 5.74) is 9.75. The Morgan fingerprint density at radius 1 is 1.27 bits per heavy atom. The zero-order chi connectivity index (χ0) is 24.0. The fourth-order valence-corrected chi connectivity index (χ4v) is 5.66. The van der Waals surface area contributed by atoms with Crippen LogP contribution in [0, 0.1) is 22.7 Å². The third-order valence-electron chi connectivity index (χ3n) is 7.22. The predicted octanol–water partition coefficient (Wildman–Crippen LogP) is 2.81. The molecule has 2 bridgehead atoms. The van der Waals surface area contributed by atoms with Gasteiger partial charge in [-0.2, -0.15) is 10.5 Å². The molecule has 0 spiro atoms. The number of hydrogen-bond donors (Lipinski definition) is 1. The lowest BCUT2D eigenvalue weighted by Crippen LogP contribution is -2.54. The number of fused-ring (bicyclic) bond motifs is 3. The average molecular weight is 451 g/mol. The van der Waals surface area contributed by atoms with Gasteiger partial charge in [0.25, 0.3) is 0 Å². The summed E-state index contributed by atoms with van der Waals surface area (Å²) in [5, 5.41) is 18.2. The first-order valence-electron chi connectivity index (χ1n) is 12.5. The summed E-state index contributed by atoms with van der Waals surface area (Å²) in [5.74, 6) is -0.104. The lowest BCUT2D eigenvalue weighted by Gasteiger charge is -2.39. The molecule has 1 aliphatic carbocycles. The molecule has 0 radical (unpaired) electrons. The Hall–Kier alpha value is -2.45. The van der Waals surface area contributed by atoms with Crippen LogP contribution in [0.15, 0.2) is 18.2 Å². The largest absolute Gasteiger partial charge is 0.328 e. The average Bonchev–Trinajstić information content (AvgIpc) is 3.55. The van der Waals surface area contributed by atoms with Crippen LogP contribution >= 0.6 is 0 Å². The van der Waals surface area contributed by atoms with E-state index in [-0.39, 0.29) is 12.5 Å². The zero-order valence-electron chi connectivity index (χ0n) is 20.3. The first kappa shape index (κ1) is 25.2. The van der Waals surface area contributed by atoms with Crippen LogP contribution in [0.1, 0.15) is 69.2 Å². The highest BCUT2D eigenvalue weighted by molar-refractivity contribution is 5.82. The molecule has 2 saturated heterocycles. The van der Waals surface area contributed by atoms with Gasteiger partial charge in [-0.1, -0.05) is 33.3 Å². The van der Waals surface area contributed by atoms with Crippen LogP contribution in [0.4, 0.5) is 0 Å². The summed E-state index contributed by atoms with van der Waals surface area (Å²) in [4.78, 5) is 19.4. The van der Waals surface area contributed by atoms with Gasteiger partial charge in [0.15, 0.2) is 0 Å². The summed E-state index contributed by atoms with van der Waals surface area (Å²) >= 11 is 0. The van der Waals surface area contributed by atoms with E-state index in [2.05, 4.69) is 34.9 Å². The second-order valence-electron chi connectivity index (χ2n) is 9.15. The molecule has 4 rings (SSSR count). The third kappa shape index (κ3) is 5.38. The van der Waals surface area contributed by atoms with E-state index in [9.17, 15) is 4.79 Å². The van der Waals surface area contributed by atoms with Gasteiger partial charge >= 0.3 is 0 Å². The van der Waals surface area contributed by atoms with E-state index < -0.39 is 6.04 Å². The Morgan fingerprint density at radius 2 is 2.06 bits per heavy atom. The van der Waals surface area contributed by atoms with E-state index in [1.165, 1.54) is 11.1 Å². The van der Waals surface area contributed by atoms with Crippen molar-refractivity contribution in [3.05, 3.63) is 34.9 Å². The van der Waals surface area contributed by atoms with Gasteiger partial charge in [-0.3, -0.25) is 14.6 Å². The molecular weight excluding hydrogens is 412 g/mol. The first-order chi connectivity index (χ1) is 16.0. The lowest BCUT2D eigenvalue weighted by molar-refractivity contribution is -0.132. The van der Waals surface area contributed by atoms with Gasteiger partial charge in [-0.25, -0.2) is 0 Å². The lowest BCUT2D eigenvalue weighted by atomic mass is 10.0. The minimum atomic E-state index is -0.574. The maximum absolute atomic E-state index is 12.8. The molecule has 178 valence electrons. The number of likely N-dealkylation sites (tertiary alicyclic amines) is 2. The van der Waals surface area contributed by atoms with Crippen molar-refractivity contribution in [3.63, 3.8) is 0 Å². The summed E-state index contributed by atoms with van der Waals surface area (Å²) < 4.78 is 0. The quantitative estimate of drug-likeness (QED) is 0.611. The predicted molar refractivity (Wildman–Crippen MR) is 129 cm³/mol. The van der Waals surface area contributed by atoms with Crippen LogP contribution in [-0.4, -0.2) is 71.5 Å². The van der Waals surface area contributed by atoms with Gasteiger partial charge in [0.1, 0.15) is 6.54 Å². The number of unbranched alkanes of at least 4 members (excludes halogenated alkanes) is 1. The minimum absolute atomic E-state index is 0.104. The maximum atomic E-state index is 12.8. The van der Waals surface area contributed by atoms with Crippen LogP contribution in [0.3, 0.4) is 0 Å². The molecule has 33 heavy (non-hydrogen) atoms. The van der Waals surface area contributed by atoms with Crippen LogP contribution in [0.5, 0.6) is 0 Å². The Kier molecular flexibility index (Phi) is 8.86. The van der Waals surface area contributed by atoms with E-state index in [0.29, 0.717) is 31.2 Å². The molecule has 0 aromatic heterocycles. The number of amides is 1. The number of nitrogens with zero attached hydrogens (tertiary/aromatic N) is 5. The molecule has 4 atom stereocenters. The second-order valence-corrected chi connectivity index (χ2v) is 9.15. The van der Waals surface area contributed by atoms with E-state index in [1.54, 1.807) is 4.90 Å². The Balaban J connectivity index is 0.00000149. The molecule has 2 fully saturated rings. The number of aryl methyl sites for hydroxylation is 1. The van der Waals surface area contributed by atoms with Gasteiger partial charge in [-0.15, -0.1) is 0 Å². The van der Waals surface area contributed by atoms with Crippen molar-refractivity contribution < 1.29 is 4.79 Å². The van der Waals surface area contributed by atoms with Crippen LogP contribution < -0.4 is 5.73 Å². The topological polar surface area (TPSA) is 100 Å². The molecule has 2 aliphatic heterocycles.